The van der Waals surface area contributed by atoms with Gasteiger partial charge in [-0.15, -0.1) is 11.3 Å². The number of thiophene rings is 1. The van der Waals surface area contributed by atoms with E-state index in [1.165, 1.54) is 28.6 Å². The molecule has 1 aromatic rings. The van der Waals surface area contributed by atoms with Crippen molar-refractivity contribution in [2.75, 3.05) is 7.05 Å². The minimum Gasteiger partial charge on any atom is -0.315 e. The molecule has 1 aliphatic rings. The summed E-state index contributed by atoms with van der Waals surface area (Å²) < 4.78 is 1.37. The molecule has 0 unspecified atom stereocenters. The molecule has 66 valence electrons. The highest BCUT2D eigenvalue weighted by atomic mass is 79.9. The minimum absolute atomic E-state index is 0.998. The first kappa shape index (κ1) is 8.73. The van der Waals surface area contributed by atoms with Gasteiger partial charge >= 0.3 is 0 Å². The third-order valence-corrected chi connectivity index (χ3v) is 4.77. The first-order valence-corrected chi connectivity index (χ1v) is 5.87. The van der Waals surface area contributed by atoms with Gasteiger partial charge in [0.2, 0.25) is 0 Å². The normalized spacial score (nSPS) is 15.2. The van der Waals surface area contributed by atoms with Crippen molar-refractivity contribution in [1.82, 2.24) is 5.32 Å². The summed E-state index contributed by atoms with van der Waals surface area (Å²) in [5.41, 5.74) is 1.57. The SMILES string of the molecule is CNCc1sc2c(c1Br)CCC2. The van der Waals surface area contributed by atoms with Crippen molar-refractivity contribution in [3.8, 4) is 0 Å². The molecule has 0 atom stereocenters. The number of halogens is 1. The van der Waals surface area contributed by atoms with Crippen LogP contribution in [0.2, 0.25) is 0 Å². The quantitative estimate of drug-likeness (QED) is 0.846. The van der Waals surface area contributed by atoms with E-state index >= 15 is 0 Å². The number of nitrogens with one attached hydrogen (secondary N) is 1. The monoisotopic (exact) mass is 245 g/mol. The van der Waals surface area contributed by atoms with Gasteiger partial charge in [0.15, 0.2) is 0 Å². The summed E-state index contributed by atoms with van der Waals surface area (Å²) in [5, 5.41) is 3.19. The Hall–Kier alpha value is 0.140. The molecular weight excluding hydrogens is 234 g/mol. The van der Waals surface area contributed by atoms with Crippen molar-refractivity contribution in [3.63, 3.8) is 0 Å². The summed E-state index contributed by atoms with van der Waals surface area (Å²) in [4.78, 5) is 3.06. The Morgan fingerprint density at radius 3 is 3.00 bits per heavy atom. The molecule has 0 radical (unpaired) electrons. The molecule has 0 saturated carbocycles. The van der Waals surface area contributed by atoms with E-state index in [1.54, 1.807) is 10.4 Å². The summed E-state index contributed by atoms with van der Waals surface area (Å²) >= 11 is 5.64. The summed E-state index contributed by atoms with van der Waals surface area (Å²) in [6.45, 7) is 0.998. The van der Waals surface area contributed by atoms with Crippen molar-refractivity contribution in [2.24, 2.45) is 0 Å². The van der Waals surface area contributed by atoms with E-state index < -0.39 is 0 Å². The van der Waals surface area contributed by atoms with Gasteiger partial charge in [0.05, 0.1) is 0 Å². The highest BCUT2D eigenvalue weighted by molar-refractivity contribution is 9.10. The highest BCUT2D eigenvalue weighted by Crippen LogP contribution is 2.38. The highest BCUT2D eigenvalue weighted by Gasteiger charge is 2.19. The lowest BCUT2D eigenvalue weighted by Gasteiger charge is -1.97. The lowest BCUT2D eigenvalue weighted by atomic mass is 10.2. The Balaban J connectivity index is 2.34. The van der Waals surface area contributed by atoms with Crippen LogP contribution in [-0.4, -0.2) is 7.05 Å². The maximum absolute atomic E-state index is 3.67. The van der Waals surface area contributed by atoms with Gasteiger partial charge < -0.3 is 5.32 Å². The van der Waals surface area contributed by atoms with Gasteiger partial charge in [-0.1, -0.05) is 0 Å². The molecule has 0 fully saturated rings. The fourth-order valence-electron chi connectivity index (χ4n) is 1.70. The van der Waals surface area contributed by atoms with E-state index in [0.717, 1.165) is 6.54 Å². The van der Waals surface area contributed by atoms with E-state index in [1.807, 2.05) is 18.4 Å². The standard InChI is InChI=1S/C9H12BrNS/c1-11-5-8-9(10)6-3-2-4-7(6)12-8/h11H,2-5H2,1H3. The maximum atomic E-state index is 3.67. The number of fused-ring (bicyclic) bond motifs is 1. The fraction of sp³-hybridized carbons (Fsp3) is 0.556. The van der Waals surface area contributed by atoms with Crippen LogP contribution in [0, 0.1) is 0 Å². The number of hydrogen-bond donors (Lipinski definition) is 1. The first-order valence-electron chi connectivity index (χ1n) is 4.26. The van der Waals surface area contributed by atoms with Crippen molar-refractivity contribution in [2.45, 2.75) is 25.8 Å². The Bertz CT molecular complexity index is 293. The molecule has 0 amide bonds. The molecule has 0 bridgehead atoms. The van der Waals surface area contributed by atoms with Crippen LogP contribution in [0.5, 0.6) is 0 Å². The molecule has 12 heavy (non-hydrogen) atoms. The Morgan fingerprint density at radius 1 is 1.50 bits per heavy atom. The third kappa shape index (κ3) is 1.34. The second-order valence-corrected chi connectivity index (χ2v) is 5.11. The zero-order valence-corrected chi connectivity index (χ0v) is 9.52. The van der Waals surface area contributed by atoms with Crippen LogP contribution in [0.25, 0.3) is 0 Å². The number of rotatable bonds is 2. The molecule has 0 aliphatic heterocycles. The lowest BCUT2D eigenvalue weighted by Crippen LogP contribution is -2.03. The number of aryl methyl sites for hydroxylation is 1. The molecule has 0 spiro atoms. The predicted octanol–water partition coefficient (Wildman–Crippen LogP) is 2.72. The molecule has 3 heteroatoms. The van der Waals surface area contributed by atoms with Crippen LogP contribution in [0.3, 0.4) is 0 Å². The van der Waals surface area contributed by atoms with Gasteiger partial charge in [-0.25, -0.2) is 0 Å². The van der Waals surface area contributed by atoms with Crippen molar-refractivity contribution in [3.05, 3.63) is 19.8 Å². The van der Waals surface area contributed by atoms with Crippen molar-refractivity contribution in [1.29, 1.82) is 0 Å². The molecule has 0 saturated heterocycles. The van der Waals surface area contributed by atoms with Gasteiger partial charge in [0.25, 0.3) is 0 Å². The molecule has 1 N–H and O–H groups in total. The molecule has 0 aromatic carbocycles. The predicted molar refractivity (Wildman–Crippen MR) is 56.8 cm³/mol. The van der Waals surface area contributed by atoms with Gasteiger partial charge in [-0.05, 0) is 47.8 Å². The number of hydrogen-bond acceptors (Lipinski definition) is 2. The molecule has 1 heterocycles. The van der Waals surface area contributed by atoms with Gasteiger partial charge in [0.1, 0.15) is 0 Å². The Kier molecular flexibility index (Phi) is 2.53. The van der Waals surface area contributed by atoms with Gasteiger partial charge in [0, 0.05) is 20.8 Å². The van der Waals surface area contributed by atoms with E-state index in [9.17, 15) is 0 Å². The molecule has 1 aromatic heterocycles. The molecule has 1 aliphatic carbocycles. The van der Waals surface area contributed by atoms with Crippen LogP contribution in [-0.2, 0) is 19.4 Å². The molecule has 2 rings (SSSR count). The second kappa shape index (κ2) is 3.48. The Morgan fingerprint density at radius 2 is 2.33 bits per heavy atom. The van der Waals surface area contributed by atoms with Crippen molar-refractivity contribution >= 4 is 27.3 Å². The minimum atomic E-state index is 0.998. The first-order chi connectivity index (χ1) is 5.83. The second-order valence-electron chi connectivity index (χ2n) is 3.12. The smallest absolute Gasteiger partial charge is 0.0362 e. The average molecular weight is 246 g/mol. The average Bonchev–Trinajstić information content (AvgIpc) is 2.58. The van der Waals surface area contributed by atoms with Crippen LogP contribution in [0.4, 0.5) is 0 Å². The summed E-state index contributed by atoms with van der Waals surface area (Å²) in [7, 11) is 2.00. The largest absolute Gasteiger partial charge is 0.315 e. The van der Waals surface area contributed by atoms with E-state index in [4.69, 9.17) is 0 Å². The van der Waals surface area contributed by atoms with E-state index in [2.05, 4.69) is 21.2 Å². The van der Waals surface area contributed by atoms with E-state index in [-0.39, 0.29) is 0 Å². The van der Waals surface area contributed by atoms with Crippen LogP contribution >= 0.6 is 27.3 Å². The van der Waals surface area contributed by atoms with Crippen LogP contribution in [0.15, 0.2) is 4.47 Å². The topological polar surface area (TPSA) is 12.0 Å². The van der Waals surface area contributed by atoms with Gasteiger partial charge in [-0.3, -0.25) is 0 Å². The summed E-state index contributed by atoms with van der Waals surface area (Å²) in [5.74, 6) is 0. The fourth-order valence-corrected chi connectivity index (χ4v) is 3.95. The summed E-state index contributed by atoms with van der Waals surface area (Å²) in [6, 6.07) is 0. The van der Waals surface area contributed by atoms with Crippen LogP contribution < -0.4 is 5.32 Å². The van der Waals surface area contributed by atoms with Gasteiger partial charge in [-0.2, -0.15) is 0 Å². The Labute approximate surface area is 85.3 Å². The third-order valence-electron chi connectivity index (χ3n) is 2.26. The van der Waals surface area contributed by atoms with Crippen LogP contribution in [0.1, 0.15) is 21.7 Å². The van der Waals surface area contributed by atoms with E-state index in [0.29, 0.717) is 0 Å². The zero-order valence-electron chi connectivity index (χ0n) is 7.11. The molecular formula is C9H12BrNS. The summed E-state index contributed by atoms with van der Waals surface area (Å²) in [6.07, 6.45) is 3.91. The lowest BCUT2D eigenvalue weighted by molar-refractivity contribution is 0.825. The zero-order chi connectivity index (χ0) is 8.55. The maximum Gasteiger partial charge on any atom is 0.0362 e. The molecule has 1 nitrogen and oxygen atoms in total. The van der Waals surface area contributed by atoms with Crippen molar-refractivity contribution < 1.29 is 0 Å².